The van der Waals surface area contributed by atoms with Crippen molar-refractivity contribution in [3.63, 3.8) is 0 Å². The van der Waals surface area contributed by atoms with Gasteiger partial charge in [-0.05, 0) is 55.6 Å². The van der Waals surface area contributed by atoms with Crippen LogP contribution in [0.15, 0.2) is 303 Å². The van der Waals surface area contributed by atoms with Crippen LogP contribution < -0.4 is 0 Å². The first-order valence-corrected chi connectivity index (χ1v) is 39.0. The zero-order valence-corrected chi connectivity index (χ0v) is 62.7. The predicted octanol–water partition coefficient (Wildman–Crippen LogP) is 16.4. The Morgan fingerprint density at radius 2 is 0.577 bits per heavy atom. The minimum atomic E-state index is -5.11. The molecule has 10 aromatic rings. The van der Waals surface area contributed by atoms with Crippen LogP contribution in [0.25, 0.3) is 0 Å². The van der Waals surface area contributed by atoms with Gasteiger partial charge in [-0.25, -0.2) is 13.3 Å². The Labute approximate surface area is 648 Å². The number of alkyl halides is 2. The molecule has 18 nitrogen and oxygen atoms in total. The van der Waals surface area contributed by atoms with Gasteiger partial charge in [-0.1, -0.05) is 303 Å². The molecule has 11 unspecified atom stereocenters. The van der Waals surface area contributed by atoms with Gasteiger partial charge in [0.2, 0.25) is 0 Å². The second kappa shape index (κ2) is 44.7. The number of aliphatic hydroxyl groups excluding tert-OH is 1. The summed E-state index contributed by atoms with van der Waals surface area (Å²) >= 11 is 0. The van der Waals surface area contributed by atoms with Crippen LogP contribution in [0.2, 0.25) is 0 Å². The fourth-order valence-corrected chi connectivity index (χ4v) is 14.1. The zero-order valence-electron chi connectivity index (χ0n) is 61.9. The third kappa shape index (κ3) is 26.3. The van der Waals surface area contributed by atoms with E-state index in [9.17, 15) is 5.11 Å². The average molecular weight is 1540 g/mol. The van der Waals surface area contributed by atoms with E-state index in [0.717, 1.165) is 50.1 Å². The summed E-state index contributed by atoms with van der Waals surface area (Å²) in [6.07, 6.45) is -19.1. The molecule has 21 heteroatoms. The van der Waals surface area contributed by atoms with E-state index in [-0.39, 0.29) is 92.5 Å². The van der Waals surface area contributed by atoms with Gasteiger partial charge in [-0.2, -0.15) is 0 Å². The summed E-state index contributed by atoms with van der Waals surface area (Å²) < 4.78 is 158. The van der Waals surface area contributed by atoms with Crippen LogP contribution >= 0.6 is 7.82 Å². The third-order valence-corrected chi connectivity index (χ3v) is 20.2. The first-order chi connectivity index (χ1) is 54.7. The van der Waals surface area contributed by atoms with Crippen molar-refractivity contribution in [1.82, 2.24) is 0 Å². The highest BCUT2D eigenvalue weighted by atomic mass is 31.2. The van der Waals surface area contributed by atoms with Crippen LogP contribution in [-0.4, -0.2) is 131 Å². The van der Waals surface area contributed by atoms with Crippen molar-refractivity contribution >= 4 is 7.82 Å². The van der Waals surface area contributed by atoms with Gasteiger partial charge in [0, 0.05) is 0 Å². The fourth-order valence-electron chi connectivity index (χ4n) is 12.8. The monoisotopic (exact) mass is 1530 g/mol. The van der Waals surface area contributed by atoms with E-state index in [1.165, 1.54) is 0 Å². The van der Waals surface area contributed by atoms with Gasteiger partial charge in [0.05, 0.1) is 106 Å². The molecule has 2 heterocycles. The third-order valence-electron chi connectivity index (χ3n) is 18.7. The van der Waals surface area contributed by atoms with Crippen molar-refractivity contribution in [3.05, 3.63) is 359 Å². The molecule has 1 N–H and O–H groups in total. The highest BCUT2D eigenvalue weighted by Crippen LogP contribution is 2.54. The molecule has 0 saturated carbocycles. The topological polar surface area (TPSA) is 185 Å². The summed E-state index contributed by atoms with van der Waals surface area (Å²) in [5.74, 6) is 0. The van der Waals surface area contributed by atoms with Crippen molar-refractivity contribution in [2.75, 3.05) is 39.6 Å². The molecule has 15 atom stereocenters. The molecule has 584 valence electrons. The highest BCUT2D eigenvalue weighted by Gasteiger charge is 2.53. The lowest BCUT2D eigenvalue weighted by Gasteiger charge is -2.35. The molecule has 10 aromatic carbocycles. The van der Waals surface area contributed by atoms with Gasteiger partial charge in [0.25, 0.3) is 0 Å². The van der Waals surface area contributed by atoms with Crippen molar-refractivity contribution in [3.8, 4) is 0 Å². The normalized spacial score (nSPS) is 20.6. The maximum Gasteiger partial charge on any atom is 0.475 e. The van der Waals surface area contributed by atoms with Crippen LogP contribution in [0.1, 0.15) is 55.6 Å². The van der Waals surface area contributed by atoms with Gasteiger partial charge in [0.15, 0.2) is 24.9 Å². The van der Waals surface area contributed by atoms with E-state index in [0.29, 0.717) is 5.56 Å². The summed E-state index contributed by atoms with van der Waals surface area (Å²) in [5.41, 5.74) is 7.98. The number of phosphoric ester groups is 1. The lowest BCUT2D eigenvalue weighted by atomic mass is 10.1. The Morgan fingerprint density at radius 3 is 0.919 bits per heavy atom. The maximum atomic E-state index is 18.4. The van der Waals surface area contributed by atoms with E-state index < -0.39 is 107 Å². The summed E-state index contributed by atoms with van der Waals surface area (Å²) in [6, 6.07) is 94.3. The molecule has 12 rings (SSSR count). The number of phosphoric acid groups is 1. The predicted molar refractivity (Wildman–Crippen MR) is 413 cm³/mol. The molecule has 2 fully saturated rings. The summed E-state index contributed by atoms with van der Waals surface area (Å²) in [5, 5.41) is 11.2. The molecule has 2 aliphatic heterocycles. The second-order valence-electron chi connectivity index (χ2n) is 27.0. The van der Waals surface area contributed by atoms with Crippen LogP contribution in [0.4, 0.5) is 8.78 Å². The van der Waals surface area contributed by atoms with Gasteiger partial charge in [0.1, 0.15) is 61.0 Å². The van der Waals surface area contributed by atoms with E-state index in [1.807, 2.05) is 279 Å². The number of hydrogen-bond donors (Lipinski definition) is 1. The highest BCUT2D eigenvalue weighted by molar-refractivity contribution is 7.48. The van der Waals surface area contributed by atoms with E-state index >= 15 is 13.3 Å². The Morgan fingerprint density at radius 1 is 0.306 bits per heavy atom. The molecule has 0 amide bonds. The first kappa shape index (κ1) is 82.1. The number of rotatable bonds is 48. The molecule has 0 aromatic heterocycles. The average Bonchev–Trinajstić information content (AvgIpc) is 1.67. The largest absolute Gasteiger partial charge is 0.475 e. The number of halogens is 2. The van der Waals surface area contributed by atoms with Crippen LogP contribution in [0.5, 0.6) is 0 Å². The van der Waals surface area contributed by atoms with Crippen LogP contribution in [-0.2, 0) is 146 Å². The molecule has 2 aliphatic rings. The zero-order chi connectivity index (χ0) is 76.3. The quantitative estimate of drug-likeness (QED) is 0.0355. The van der Waals surface area contributed by atoms with Gasteiger partial charge in [-0.15, -0.1) is 0 Å². The van der Waals surface area contributed by atoms with Gasteiger partial charge < -0.3 is 66.7 Å². The van der Waals surface area contributed by atoms with E-state index in [4.69, 9.17) is 75.2 Å². The van der Waals surface area contributed by atoms with Crippen molar-refractivity contribution in [2.24, 2.45) is 0 Å². The Bertz CT molecular complexity index is 4190. The van der Waals surface area contributed by atoms with E-state index in [1.54, 1.807) is 24.3 Å². The van der Waals surface area contributed by atoms with Gasteiger partial charge in [-0.3, -0.25) is 13.6 Å². The van der Waals surface area contributed by atoms with E-state index in [2.05, 4.69) is 0 Å². The summed E-state index contributed by atoms with van der Waals surface area (Å²) in [7, 11) is -5.11. The minimum Gasteiger partial charge on any atom is -0.394 e. The molecule has 0 bridgehead atoms. The van der Waals surface area contributed by atoms with Crippen LogP contribution in [0, 0.1) is 0 Å². The van der Waals surface area contributed by atoms with Crippen LogP contribution in [0.3, 0.4) is 0 Å². The minimum absolute atomic E-state index is 0.0132. The standard InChI is InChI=1S/C90H97F2O18P/c91-83-87(103-60-75-47-27-9-28-48-75)81(62-95-52-67-31-11-1-12-32-67)108-89(83)104-65-79(99-56-71-39-19-5-20-40-71)86(102-59-74-45-25-8-26-46-74)80(100-57-72-41-21-6-22-42-72)66-107-111(94,106-61-76-49-29-10-30-50-76)110-88-82(63-96-53-68-33-13-2-14-34-68)109-90(84(88)92)105-64-78(98-55-70-37-17-4-18-38-70)85(101-58-73-43-23-7-24-44-73)77(51-93)97-54-69-35-15-3-16-36-69/h1-50,77-90,93H,51-66H2/t77?,78?,79?,80?,81-,82-,83?,84?,85?,86?,87?,88?,89-,90-,111?/m1/s1. The Balaban J connectivity index is 0.857. The summed E-state index contributed by atoms with van der Waals surface area (Å²) in [4.78, 5) is 0. The van der Waals surface area contributed by atoms with Crippen molar-refractivity contribution in [1.29, 1.82) is 0 Å². The molecule has 0 spiro atoms. The number of benzene rings is 10. The number of hydrogen-bond acceptors (Lipinski definition) is 18. The SMILES string of the molecule is O=P(OCc1ccccc1)(OCC(OCc1ccccc1)C(OCc1ccccc1)C(CO[C@@H]1O[C@H](COCc2ccccc2)C(OCc2ccccc2)C1F)OCc1ccccc1)OC1C(F)[C@H](OCC(OCc2ccccc2)C(OCc2ccccc2)C(CO)OCc2ccccc2)O[C@@H]1COCc1ccccc1. The maximum absolute atomic E-state index is 18.4. The second-order valence-corrected chi connectivity index (χ2v) is 28.6. The smallest absolute Gasteiger partial charge is 0.394 e. The summed E-state index contributed by atoms with van der Waals surface area (Å²) in [6.45, 7) is -1.84. The van der Waals surface area contributed by atoms with Crippen molar-refractivity contribution in [2.45, 2.75) is 152 Å². The number of aliphatic hydroxyl groups is 1. The number of ether oxygens (including phenoxy) is 13. The lowest BCUT2D eigenvalue weighted by molar-refractivity contribution is -0.212. The Kier molecular flexibility index (Phi) is 33.1. The first-order valence-electron chi connectivity index (χ1n) is 37.5. The molecule has 2 saturated heterocycles. The lowest BCUT2D eigenvalue weighted by Crippen LogP contribution is -2.48. The Hall–Kier alpha value is -8.39. The molecular formula is C90H97F2O18P. The molecule has 0 aliphatic carbocycles. The molecule has 111 heavy (non-hydrogen) atoms. The van der Waals surface area contributed by atoms with Crippen molar-refractivity contribution < 1.29 is 93.6 Å². The molecular weight excluding hydrogens is 1440 g/mol. The van der Waals surface area contributed by atoms with Gasteiger partial charge >= 0.3 is 7.82 Å². The molecule has 0 radical (unpaired) electrons. The fraction of sp³-hybridized carbons (Fsp3) is 0.333.